The molecule has 0 radical (unpaired) electrons. The van der Waals surface area contributed by atoms with Crippen molar-refractivity contribution < 1.29 is 0 Å². The van der Waals surface area contributed by atoms with Crippen LogP contribution in [0.4, 0.5) is 0 Å². The lowest BCUT2D eigenvalue weighted by Crippen LogP contribution is -2.10. The first-order valence-electron chi connectivity index (χ1n) is 12.7. The first kappa shape index (κ1) is 22.3. The Bertz CT molecular complexity index is 1670. The third-order valence-electron chi connectivity index (χ3n) is 7.23. The molecule has 0 saturated carbocycles. The molecule has 0 bridgehead atoms. The predicted molar refractivity (Wildman–Crippen MR) is 156 cm³/mol. The molecule has 0 fully saturated rings. The van der Waals surface area contributed by atoms with Crippen molar-refractivity contribution >= 4 is 21.5 Å². The van der Waals surface area contributed by atoms with E-state index in [1.807, 2.05) is 0 Å². The summed E-state index contributed by atoms with van der Waals surface area (Å²) in [4.78, 5) is 0. The first-order chi connectivity index (χ1) is 17.5. The van der Waals surface area contributed by atoms with Crippen LogP contribution in [0.15, 0.2) is 127 Å². The van der Waals surface area contributed by atoms with Crippen LogP contribution >= 0.6 is 0 Å². The summed E-state index contributed by atoms with van der Waals surface area (Å²) in [6.07, 6.45) is 0. The summed E-state index contributed by atoms with van der Waals surface area (Å²) in [5.74, 6) is 0. The zero-order valence-electron chi connectivity index (χ0n) is 21.1. The van der Waals surface area contributed by atoms with Gasteiger partial charge in [0.15, 0.2) is 0 Å². The lowest BCUT2D eigenvalue weighted by Gasteiger charge is -2.23. The number of benzene rings is 6. The van der Waals surface area contributed by atoms with Crippen molar-refractivity contribution in [2.75, 3.05) is 0 Å². The van der Waals surface area contributed by atoms with Crippen molar-refractivity contribution in [2.45, 2.75) is 26.2 Å². The van der Waals surface area contributed by atoms with Gasteiger partial charge in [-0.15, -0.1) is 0 Å². The molecule has 0 aliphatic heterocycles. The van der Waals surface area contributed by atoms with E-state index in [1.54, 1.807) is 0 Å². The highest BCUT2D eigenvalue weighted by molar-refractivity contribution is 6.21. The Labute approximate surface area is 213 Å². The van der Waals surface area contributed by atoms with E-state index in [4.69, 9.17) is 0 Å². The summed E-state index contributed by atoms with van der Waals surface area (Å²) in [5.41, 5.74) is 9.04. The highest BCUT2D eigenvalue weighted by Crippen LogP contribution is 2.44. The Morgan fingerprint density at radius 1 is 0.361 bits per heavy atom. The molecule has 0 unspecified atom stereocenters. The molecule has 0 saturated heterocycles. The molecule has 174 valence electrons. The summed E-state index contributed by atoms with van der Waals surface area (Å²) < 4.78 is 0. The minimum atomic E-state index is 0.0747. The van der Waals surface area contributed by atoms with Crippen LogP contribution < -0.4 is 0 Å². The van der Waals surface area contributed by atoms with Gasteiger partial charge >= 0.3 is 0 Å². The van der Waals surface area contributed by atoms with Gasteiger partial charge in [0.05, 0.1) is 0 Å². The molecule has 6 rings (SSSR count). The van der Waals surface area contributed by atoms with Gasteiger partial charge in [-0.25, -0.2) is 0 Å². The minimum absolute atomic E-state index is 0.0747. The number of rotatable bonds is 3. The molecule has 0 atom stereocenters. The Morgan fingerprint density at radius 2 is 0.778 bits per heavy atom. The van der Waals surface area contributed by atoms with Crippen LogP contribution in [0.1, 0.15) is 26.3 Å². The predicted octanol–water partition coefficient (Wildman–Crippen LogP) is 10.3. The van der Waals surface area contributed by atoms with Gasteiger partial charge in [-0.2, -0.15) is 0 Å². The quantitative estimate of drug-likeness (QED) is 0.229. The van der Waals surface area contributed by atoms with Crippen LogP contribution in [0.25, 0.3) is 54.9 Å². The SMILES string of the molecule is CC(C)(C)c1ccc2c(-c3ccc(-c4ccccc4)cc3)c3ccccc3c(-c3ccccc3)c2c1. The van der Waals surface area contributed by atoms with Gasteiger partial charge in [-0.05, 0) is 72.0 Å². The third-order valence-corrected chi connectivity index (χ3v) is 7.23. The highest BCUT2D eigenvalue weighted by atomic mass is 14.2. The van der Waals surface area contributed by atoms with E-state index in [9.17, 15) is 0 Å². The molecule has 6 aromatic carbocycles. The minimum Gasteiger partial charge on any atom is -0.0622 e. The van der Waals surface area contributed by atoms with Gasteiger partial charge < -0.3 is 0 Å². The zero-order chi connectivity index (χ0) is 24.7. The summed E-state index contributed by atoms with van der Waals surface area (Å²) in [5, 5.41) is 5.20. The van der Waals surface area contributed by atoms with Crippen LogP contribution in [0.5, 0.6) is 0 Å². The second-order valence-electron chi connectivity index (χ2n) is 10.6. The van der Waals surface area contributed by atoms with Gasteiger partial charge in [0.1, 0.15) is 0 Å². The van der Waals surface area contributed by atoms with E-state index in [2.05, 4.69) is 148 Å². The average molecular weight is 463 g/mol. The van der Waals surface area contributed by atoms with E-state index in [0.717, 1.165) is 0 Å². The topological polar surface area (TPSA) is 0 Å². The van der Waals surface area contributed by atoms with Gasteiger partial charge in [0.2, 0.25) is 0 Å². The standard InChI is InChI=1S/C36H30/c1-36(2,3)29-22-23-32-33(24-29)35(27-14-8-5-9-15-27)31-17-11-10-16-30(31)34(32)28-20-18-26(19-21-28)25-12-6-4-7-13-25/h4-24H,1-3H3. The molecule has 0 heteroatoms. The second kappa shape index (κ2) is 8.81. The lowest BCUT2D eigenvalue weighted by molar-refractivity contribution is 0.591. The van der Waals surface area contributed by atoms with Crippen molar-refractivity contribution in [1.82, 2.24) is 0 Å². The van der Waals surface area contributed by atoms with Crippen LogP contribution in [0, 0.1) is 0 Å². The normalized spacial score (nSPS) is 11.8. The smallest absolute Gasteiger partial charge is 0.00263 e. The van der Waals surface area contributed by atoms with Crippen LogP contribution in [-0.4, -0.2) is 0 Å². The maximum Gasteiger partial charge on any atom is -0.00263 e. The largest absolute Gasteiger partial charge is 0.0622 e. The molecule has 0 aromatic heterocycles. The Kier molecular flexibility index (Phi) is 5.46. The molecule has 0 aliphatic carbocycles. The molecule has 0 N–H and O–H groups in total. The van der Waals surface area contributed by atoms with Gasteiger partial charge in [-0.1, -0.05) is 142 Å². The van der Waals surface area contributed by atoms with Crippen molar-refractivity contribution in [2.24, 2.45) is 0 Å². The van der Waals surface area contributed by atoms with E-state index < -0.39 is 0 Å². The molecule has 0 amide bonds. The Balaban J connectivity index is 1.68. The van der Waals surface area contributed by atoms with E-state index in [1.165, 1.54) is 60.5 Å². The van der Waals surface area contributed by atoms with Gasteiger partial charge in [-0.3, -0.25) is 0 Å². The summed E-state index contributed by atoms with van der Waals surface area (Å²) >= 11 is 0. The van der Waals surface area contributed by atoms with Crippen LogP contribution in [0.2, 0.25) is 0 Å². The number of fused-ring (bicyclic) bond motifs is 2. The van der Waals surface area contributed by atoms with Crippen molar-refractivity contribution in [3.05, 3.63) is 133 Å². The molecular formula is C36H30. The molecule has 36 heavy (non-hydrogen) atoms. The first-order valence-corrected chi connectivity index (χ1v) is 12.7. The molecule has 0 nitrogen and oxygen atoms in total. The van der Waals surface area contributed by atoms with Crippen molar-refractivity contribution in [3.63, 3.8) is 0 Å². The molecule has 6 aromatic rings. The summed E-state index contributed by atoms with van der Waals surface area (Å²) in [6, 6.07) is 46.5. The third kappa shape index (κ3) is 3.89. The maximum atomic E-state index is 2.42. The Morgan fingerprint density at radius 3 is 1.36 bits per heavy atom. The van der Waals surface area contributed by atoms with E-state index >= 15 is 0 Å². The molecular weight excluding hydrogens is 432 g/mol. The highest BCUT2D eigenvalue weighted by Gasteiger charge is 2.20. The fraction of sp³-hybridized carbons (Fsp3) is 0.111. The number of hydrogen-bond acceptors (Lipinski definition) is 0. The summed E-state index contributed by atoms with van der Waals surface area (Å²) in [7, 11) is 0. The van der Waals surface area contributed by atoms with Crippen LogP contribution in [0.3, 0.4) is 0 Å². The molecule has 0 spiro atoms. The second-order valence-corrected chi connectivity index (χ2v) is 10.6. The van der Waals surface area contributed by atoms with Crippen molar-refractivity contribution in [3.8, 4) is 33.4 Å². The fourth-order valence-corrected chi connectivity index (χ4v) is 5.33. The van der Waals surface area contributed by atoms with Gasteiger partial charge in [0, 0.05) is 0 Å². The van der Waals surface area contributed by atoms with Crippen molar-refractivity contribution in [1.29, 1.82) is 0 Å². The molecule has 0 aliphatic rings. The monoisotopic (exact) mass is 462 g/mol. The summed E-state index contributed by atoms with van der Waals surface area (Å²) in [6.45, 7) is 6.88. The van der Waals surface area contributed by atoms with E-state index in [-0.39, 0.29) is 5.41 Å². The number of hydrogen-bond donors (Lipinski definition) is 0. The Hall–Kier alpha value is -4.16. The van der Waals surface area contributed by atoms with Gasteiger partial charge in [0.25, 0.3) is 0 Å². The molecule has 0 heterocycles. The van der Waals surface area contributed by atoms with Crippen LogP contribution in [-0.2, 0) is 5.41 Å². The fourth-order valence-electron chi connectivity index (χ4n) is 5.33. The maximum absolute atomic E-state index is 2.42. The van der Waals surface area contributed by atoms with E-state index in [0.29, 0.717) is 0 Å². The zero-order valence-corrected chi connectivity index (χ0v) is 21.1. The average Bonchev–Trinajstić information content (AvgIpc) is 2.92. The lowest BCUT2D eigenvalue weighted by atomic mass is 9.81.